The highest BCUT2D eigenvalue weighted by Crippen LogP contribution is 2.28. The number of carboxylic acid groups (broad SMARTS) is 1. The van der Waals surface area contributed by atoms with Gasteiger partial charge in [0, 0.05) is 29.9 Å². The van der Waals surface area contributed by atoms with Gasteiger partial charge in [-0.3, -0.25) is 4.98 Å². The number of fused-ring (bicyclic) bond motifs is 1. The second-order valence-electron chi connectivity index (χ2n) is 4.68. The summed E-state index contributed by atoms with van der Waals surface area (Å²) in [4.78, 5) is 22.6. The predicted molar refractivity (Wildman–Crippen MR) is 81.9 cm³/mol. The average Bonchev–Trinajstić information content (AvgIpc) is 3.00. The van der Waals surface area contributed by atoms with Gasteiger partial charge in [-0.25, -0.2) is 9.78 Å². The van der Waals surface area contributed by atoms with Crippen LogP contribution in [0.25, 0.3) is 22.3 Å². The van der Waals surface area contributed by atoms with Gasteiger partial charge >= 0.3 is 5.97 Å². The molecule has 0 atom stereocenters. The van der Waals surface area contributed by atoms with Crippen LogP contribution < -0.4 is 5.32 Å². The maximum atomic E-state index is 10.9. The zero-order valence-corrected chi connectivity index (χ0v) is 11.6. The minimum absolute atomic E-state index is 0.00529. The van der Waals surface area contributed by atoms with Gasteiger partial charge in [-0.2, -0.15) is 0 Å². The third-order valence-corrected chi connectivity index (χ3v) is 3.23. The Morgan fingerprint density at radius 3 is 2.86 bits per heavy atom. The number of anilines is 1. The summed E-state index contributed by atoms with van der Waals surface area (Å²) in [5.74, 6) is -0.394. The number of hydrogen-bond acceptors (Lipinski definition) is 5. The molecule has 0 aliphatic rings. The molecule has 7 nitrogen and oxygen atoms in total. The Hall–Kier alpha value is -2.93. The number of rotatable bonds is 5. The molecular weight excluding hydrogens is 284 g/mol. The normalized spacial score (nSPS) is 10.8. The molecule has 3 aromatic heterocycles. The molecule has 3 rings (SSSR count). The van der Waals surface area contributed by atoms with Gasteiger partial charge in [0.25, 0.3) is 0 Å². The van der Waals surface area contributed by atoms with Crippen molar-refractivity contribution in [2.24, 2.45) is 0 Å². The summed E-state index contributed by atoms with van der Waals surface area (Å²) in [5, 5.41) is 21.7. The highest BCUT2D eigenvalue weighted by molar-refractivity contribution is 5.94. The summed E-state index contributed by atoms with van der Waals surface area (Å²) in [7, 11) is 0. The Morgan fingerprint density at radius 1 is 1.32 bits per heavy atom. The summed E-state index contributed by atoms with van der Waals surface area (Å²) >= 11 is 0. The second-order valence-corrected chi connectivity index (χ2v) is 4.68. The molecule has 0 amide bonds. The first-order valence-electron chi connectivity index (χ1n) is 6.71. The summed E-state index contributed by atoms with van der Waals surface area (Å²) in [6, 6.07) is 6.90. The molecule has 7 heteroatoms. The molecule has 0 aliphatic carbocycles. The van der Waals surface area contributed by atoms with Crippen LogP contribution in [0.4, 0.5) is 5.82 Å². The number of aliphatic hydroxyl groups excluding tert-OH is 1. The van der Waals surface area contributed by atoms with Crippen LogP contribution in [0.3, 0.4) is 0 Å². The fourth-order valence-corrected chi connectivity index (χ4v) is 2.20. The molecule has 0 fully saturated rings. The molecule has 0 aromatic carbocycles. The van der Waals surface area contributed by atoms with Crippen LogP contribution in [0.2, 0.25) is 0 Å². The van der Waals surface area contributed by atoms with E-state index < -0.39 is 5.97 Å². The first-order chi connectivity index (χ1) is 10.7. The van der Waals surface area contributed by atoms with Crippen molar-refractivity contribution < 1.29 is 15.0 Å². The summed E-state index contributed by atoms with van der Waals surface area (Å²) in [5.41, 5.74) is 2.33. The fourth-order valence-electron chi connectivity index (χ4n) is 2.20. The second kappa shape index (κ2) is 5.82. The molecule has 112 valence electrons. The maximum Gasteiger partial charge on any atom is 0.337 e. The number of aromatic carboxylic acids is 1. The number of aromatic amines is 1. The third kappa shape index (κ3) is 2.61. The van der Waals surface area contributed by atoms with E-state index in [0.29, 0.717) is 23.7 Å². The number of nitrogens with zero attached hydrogens (tertiary/aromatic N) is 2. The highest BCUT2D eigenvalue weighted by Gasteiger charge is 2.11. The molecule has 4 N–H and O–H groups in total. The Kier molecular flexibility index (Phi) is 3.71. The van der Waals surface area contributed by atoms with Gasteiger partial charge < -0.3 is 20.5 Å². The van der Waals surface area contributed by atoms with Crippen molar-refractivity contribution in [3.63, 3.8) is 0 Å². The van der Waals surface area contributed by atoms with Gasteiger partial charge in [0.05, 0.1) is 17.9 Å². The summed E-state index contributed by atoms with van der Waals surface area (Å²) in [6.45, 7) is 0.398. The van der Waals surface area contributed by atoms with E-state index in [0.717, 1.165) is 10.9 Å². The predicted octanol–water partition coefficient (Wildman–Crippen LogP) is 1.73. The van der Waals surface area contributed by atoms with Crippen LogP contribution in [0, 0.1) is 0 Å². The van der Waals surface area contributed by atoms with Crippen LogP contribution >= 0.6 is 0 Å². The quantitative estimate of drug-likeness (QED) is 0.571. The molecule has 0 saturated carbocycles. The minimum Gasteiger partial charge on any atom is -0.478 e. The van der Waals surface area contributed by atoms with Crippen molar-refractivity contribution in [1.29, 1.82) is 0 Å². The zero-order chi connectivity index (χ0) is 15.5. The Labute approximate surface area is 125 Å². The molecule has 3 heterocycles. The van der Waals surface area contributed by atoms with Crippen molar-refractivity contribution in [1.82, 2.24) is 15.0 Å². The van der Waals surface area contributed by atoms with Crippen molar-refractivity contribution in [2.45, 2.75) is 0 Å². The third-order valence-electron chi connectivity index (χ3n) is 3.23. The van der Waals surface area contributed by atoms with Gasteiger partial charge in [0.1, 0.15) is 11.5 Å². The van der Waals surface area contributed by atoms with E-state index in [-0.39, 0.29) is 12.2 Å². The molecule has 3 aromatic rings. The monoisotopic (exact) mass is 298 g/mol. The maximum absolute atomic E-state index is 10.9. The van der Waals surface area contributed by atoms with Crippen LogP contribution in [-0.2, 0) is 0 Å². The largest absolute Gasteiger partial charge is 0.478 e. The standard InChI is InChI=1S/C15H14N4O3/c20-6-5-16-13-7-11(10-3-4-17-14(10)19-13)12-2-1-9(8-18-12)15(21)22/h1-4,7-8,20H,5-6H2,(H,21,22)(H2,16,17,19). The van der Waals surface area contributed by atoms with Crippen LogP contribution in [0.15, 0.2) is 36.7 Å². The first kappa shape index (κ1) is 14.0. The van der Waals surface area contributed by atoms with Gasteiger partial charge in [-0.15, -0.1) is 0 Å². The first-order valence-corrected chi connectivity index (χ1v) is 6.71. The van der Waals surface area contributed by atoms with Crippen molar-refractivity contribution in [3.8, 4) is 11.3 Å². The van der Waals surface area contributed by atoms with Gasteiger partial charge in [0.2, 0.25) is 0 Å². The van der Waals surface area contributed by atoms with E-state index >= 15 is 0 Å². The van der Waals surface area contributed by atoms with Crippen LogP contribution in [-0.4, -0.2) is 44.3 Å². The molecule has 22 heavy (non-hydrogen) atoms. The molecule has 0 bridgehead atoms. The number of aromatic nitrogens is 3. The lowest BCUT2D eigenvalue weighted by molar-refractivity contribution is 0.0696. The SMILES string of the molecule is O=C(O)c1ccc(-c2cc(NCCO)nc3[nH]ccc23)nc1. The smallest absolute Gasteiger partial charge is 0.337 e. The minimum atomic E-state index is -1.01. The number of hydrogen-bond donors (Lipinski definition) is 4. The van der Waals surface area contributed by atoms with Crippen LogP contribution in [0.5, 0.6) is 0 Å². The Bertz CT molecular complexity index is 811. The van der Waals surface area contributed by atoms with Crippen molar-refractivity contribution in [3.05, 3.63) is 42.2 Å². The number of aliphatic hydroxyl groups is 1. The lowest BCUT2D eigenvalue weighted by atomic mass is 10.1. The van der Waals surface area contributed by atoms with Gasteiger partial charge in [0.15, 0.2) is 0 Å². The van der Waals surface area contributed by atoms with Crippen molar-refractivity contribution >= 4 is 22.8 Å². The molecule has 0 unspecified atom stereocenters. The number of pyridine rings is 2. The van der Waals surface area contributed by atoms with E-state index in [2.05, 4.69) is 20.3 Å². The molecular formula is C15H14N4O3. The topological polar surface area (TPSA) is 111 Å². The Morgan fingerprint density at radius 2 is 2.18 bits per heavy atom. The van der Waals surface area contributed by atoms with E-state index in [1.807, 2.05) is 12.1 Å². The van der Waals surface area contributed by atoms with Gasteiger partial charge in [-0.1, -0.05) is 0 Å². The number of carboxylic acids is 1. The zero-order valence-electron chi connectivity index (χ0n) is 11.6. The van der Waals surface area contributed by atoms with Crippen molar-refractivity contribution in [2.75, 3.05) is 18.5 Å². The Balaban J connectivity index is 2.07. The van der Waals surface area contributed by atoms with E-state index in [4.69, 9.17) is 10.2 Å². The highest BCUT2D eigenvalue weighted by atomic mass is 16.4. The number of H-pyrrole nitrogens is 1. The lowest BCUT2D eigenvalue weighted by Crippen LogP contribution is -2.07. The van der Waals surface area contributed by atoms with Gasteiger partial charge in [-0.05, 0) is 24.3 Å². The fraction of sp³-hybridized carbons (Fsp3) is 0.133. The number of carbonyl (C=O) groups is 1. The number of nitrogens with one attached hydrogen (secondary N) is 2. The molecule has 0 radical (unpaired) electrons. The lowest BCUT2D eigenvalue weighted by Gasteiger charge is -2.08. The van der Waals surface area contributed by atoms with E-state index in [9.17, 15) is 4.79 Å². The average molecular weight is 298 g/mol. The molecule has 0 saturated heterocycles. The summed E-state index contributed by atoms with van der Waals surface area (Å²) in [6.07, 6.45) is 3.11. The molecule has 0 spiro atoms. The molecule has 0 aliphatic heterocycles. The summed E-state index contributed by atoms with van der Waals surface area (Å²) < 4.78 is 0. The van der Waals surface area contributed by atoms with E-state index in [1.165, 1.54) is 12.3 Å². The van der Waals surface area contributed by atoms with E-state index in [1.54, 1.807) is 12.3 Å². The van der Waals surface area contributed by atoms with Crippen LogP contribution in [0.1, 0.15) is 10.4 Å².